The van der Waals surface area contributed by atoms with Gasteiger partial charge in [-0.2, -0.15) is 5.10 Å². The highest BCUT2D eigenvalue weighted by atomic mass is 19.1. The van der Waals surface area contributed by atoms with Gasteiger partial charge in [-0.3, -0.25) is 15.0 Å². The minimum atomic E-state index is -1.05. The number of hydrogen-bond acceptors (Lipinski definition) is 6. The predicted molar refractivity (Wildman–Crippen MR) is 168 cm³/mol. The topological polar surface area (TPSA) is 99.7 Å². The molecule has 5 rings (SSSR count). The number of aromatic nitrogens is 6. The lowest BCUT2D eigenvalue weighted by Crippen LogP contribution is -2.52. The van der Waals surface area contributed by atoms with Crippen LogP contribution < -0.4 is 5.32 Å². The smallest absolute Gasteiger partial charge is 0.188 e. The Morgan fingerprint density at radius 2 is 1.91 bits per heavy atom. The Labute approximate surface area is 251 Å². The molecule has 0 saturated carbocycles. The Morgan fingerprint density at radius 3 is 2.53 bits per heavy atom. The summed E-state index contributed by atoms with van der Waals surface area (Å²) in [7, 11) is 3.82. The maximum atomic E-state index is 13.6. The number of pyridine rings is 1. The number of halogens is 1. The van der Waals surface area contributed by atoms with Crippen molar-refractivity contribution in [3.63, 3.8) is 0 Å². The average Bonchev–Trinajstić information content (AvgIpc) is 3.72. The summed E-state index contributed by atoms with van der Waals surface area (Å²) in [6.45, 7) is 16.9. The standard InChI is InChI=1S/C33H39FN8O/c1-9-11-25-26-15-29(32-36-18-30(39-32)28-14-13-24(34)17-35-28)40-33(23-16-37-41(7)19-23,31(26)38-27(25)12-10-2)21(5)43-22(6)42(8)20(3)4/h9-14,16-20,29,38,40H,5-6,15H2,1-4,7-8H3,(H,36,39)/b11-9-,12-10-/t29-,33?/m1/s1. The molecule has 0 fully saturated rings. The molecule has 0 spiro atoms. The first-order valence-corrected chi connectivity index (χ1v) is 14.3. The number of ether oxygens (including phenoxy) is 1. The molecule has 1 aliphatic rings. The number of fused-ring (bicyclic) bond motifs is 1. The molecular formula is C33H39FN8O. The van der Waals surface area contributed by atoms with Gasteiger partial charge in [-0.25, -0.2) is 9.37 Å². The first kappa shape index (κ1) is 29.8. The molecule has 9 nitrogen and oxygen atoms in total. The van der Waals surface area contributed by atoms with Crippen LogP contribution in [0.5, 0.6) is 0 Å². The van der Waals surface area contributed by atoms with E-state index in [1.807, 2.05) is 57.4 Å². The molecule has 10 heteroatoms. The van der Waals surface area contributed by atoms with E-state index in [0.29, 0.717) is 35.3 Å². The summed E-state index contributed by atoms with van der Waals surface area (Å²) >= 11 is 0. The number of aryl methyl sites for hydroxylation is 1. The zero-order valence-corrected chi connectivity index (χ0v) is 25.6. The van der Waals surface area contributed by atoms with E-state index in [0.717, 1.165) is 28.1 Å². The quantitative estimate of drug-likeness (QED) is 0.192. The summed E-state index contributed by atoms with van der Waals surface area (Å²) in [5.41, 5.74) is 5.15. The van der Waals surface area contributed by atoms with E-state index < -0.39 is 11.4 Å². The summed E-state index contributed by atoms with van der Waals surface area (Å²) in [4.78, 5) is 18.1. The molecule has 4 aromatic heterocycles. The van der Waals surface area contributed by atoms with E-state index in [1.54, 1.807) is 16.9 Å². The van der Waals surface area contributed by atoms with Gasteiger partial charge in [0.2, 0.25) is 0 Å². The highest BCUT2D eigenvalue weighted by Gasteiger charge is 2.49. The fourth-order valence-corrected chi connectivity index (χ4v) is 5.50. The molecule has 0 radical (unpaired) electrons. The van der Waals surface area contributed by atoms with Crippen LogP contribution in [0.1, 0.15) is 67.6 Å². The first-order chi connectivity index (χ1) is 20.6. The van der Waals surface area contributed by atoms with Gasteiger partial charge in [-0.15, -0.1) is 0 Å². The summed E-state index contributed by atoms with van der Waals surface area (Å²) in [5, 5.41) is 8.38. The molecule has 1 aliphatic heterocycles. The van der Waals surface area contributed by atoms with E-state index >= 15 is 0 Å². The molecule has 43 heavy (non-hydrogen) atoms. The van der Waals surface area contributed by atoms with Crippen molar-refractivity contribution in [3.05, 3.63) is 114 Å². The number of aromatic amines is 2. The molecule has 3 N–H and O–H groups in total. The average molecular weight is 583 g/mol. The number of imidazole rings is 1. The van der Waals surface area contributed by atoms with Crippen LogP contribution >= 0.6 is 0 Å². The van der Waals surface area contributed by atoms with Crippen molar-refractivity contribution in [1.29, 1.82) is 0 Å². The molecular weight excluding hydrogens is 543 g/mol. The van der Waals surface area contributed by atoms with Gasteiger partial charge in [-0.05, 0) is 64.5 Å². The van der Waals surface area contributed by atoms with Crippen molar-refractivity contribution >= 4 is 12.2 Å². The molecule has 0 bridgehead atoms. The molecule has 0 saturated heterocycles. The Kier molecular flexibility index (Phi) is 8.23. The maximum Gasteiger partial charge on any atom is 0.188 e. The van der Waals surface area contributed by atoms with Crippen LogP contribution in [0.4, 0.5) is 4.39 Å². The largest absolute Gasteiger partial charge is 0.444 e. The molecule has 5 heterocycles. The summed E-state index contributed by atoms with van der Waals surface area (Å²) in [6, 6.07) is 2.89. The van der Waals surface area contributed by atoms with Crippen LogP contribution in [0.15, 0.2) is 73.9 Å². The zero-order chi connectivity index (χ0) is 30.9. The van der Waals surface area contributed by atoms with Gasteiger partial charge in [0.15, 0.2) is 5.88 Å². The Balaban J connectivity index is 1.70. The van der Waals surface area contributed by atoms with Crippen molar-refractivity contribution < 1.29 is 9.13 Å². The monoisotopic (exact) mass is 582 g/mol. The molecule has 0 aromatic carbocycles. The third-order valence-electron chi connectivity index (χ3n) is 7.91. The van der Waals surface area contributed by atoms with E-state index in [9.17, 15) is 4.39 Å². The number of nitrogens with one attached hydrogen (secondary N) is 3. The number of H-pyrrole nitrogens is 2. The first-order valence-electron chi connectivity index (χ1n) is 14.3. The Hall–Kier alpha value is -4.70. The zero-order valence-electron chi connectivity index (χ0n) is 25.6. The second kappa shape index (κ2) is 11.9. The van der Waals surface area contributed by atoms with Crippen molar-refractivity contribution in [3.8, 4) is 11.4 Å². The van der Waals surface area contributed by atoms with Crippen molar-refractivity contribution in [1.82, 2.24) is 39.9 Å². The van der Waals surface area contributed by atoms with Crippen LogP contribution in [0.2, 0.25) is 0 Å². The second-order valence-corrected chi connectivity index (χ2v) is 11.0. The van der Waals surface area contributed by atoms with Crippen LogP contribution in [0.25, 0.3) is 23.5 Å². The van der Waals surface area contributed by atoms with Crippen molar-refractivity contribution in [2.75, 3.05) is 7.05 Å². The lowest BCUT2D eigenvalue weighted by molar-refractivity contribution is 0.126. The van der Waals surface area contributed by atoms with Gasteiger partial charge in [0.1, 0.15) is 22.9 Å². The number of hydrogen-bond donors (Lipinski definition) is 3. The van der Waals surface area contributed by atoms with Crippen LogP contribution in [0.3, 0.4) is 0 Å². The molecule has 0 aliphatic carbocycles. The summed E-state index contributed by atoms with van der Waals surface area (Å²) in [5.74, 6) is 1.23. The fraction of sp³-hybridized carbons (Fsp3) is 0.303. The minimum Gasteiger partial charge on any atom is -0.444 e. The second-order valence-electron chi connectivity index (χ2n) is 11.0. The van der Waals surface area contributed by atoms with Crippen LogP contribution in [-0.2, 0) is 23.7 Å². The number of allylic oxidation sites excluding steroid dienone is 2. The van der Waals surface area contributed by atoms with Gasteiger partial charge >= 0.3 is 0 Å². The summed E-state index contributed by atoms with van der Waals surface area (Å²) < 4.78 is 21.8. The van der Waals surface area contributed by atoms with Gasteiger partial charge in [-0.1, -0.05) is 24.8 Å². The van der Waals surface area contributed by atoms with Crippen molar-refractivity contribution in [2.45, 2.75) is 51.7 Å². The Morgan fingerprint density at radius 1 is 1.14 bits per heavy atom. The predicted octanol–water partition coefficient (Wildman–Crippen LogP) is 6.21. The summed E-state index contributed by atoms with van der Waals surface area (Å²) in [6.07, 6.45) is 15.6. The molecule has 4 aromatic rings. The molecule has 224 valence electrons. The van der Waals surface area contributed by atoms with Crippen molar-refractivity contribution in [2.24, 2.45) is 7.05 Å². The van der Waals surface area contributed by atoms with Crippen LogP contribution in [0, 0.1) is 5.82 Å². The molecule has 0 amide bonds. The fourth-order valence-electron chi connectivity index (χ4n) is 5.50. The highest BCUT2D eigenvalue weighted by Crippen LogP contribution is 2.47. The Bertz CT molecular complexity index is 1690. The van der Waals surface area contributed by atoms with Gasteiger partial charge < -0.3 is 19.6 Å². The number of rotatable bonds is 10. The third kappa shape index (κ3) is 5.46. The van der Waals surface area contributed by atoms with E-state index in [2.05, 4.69) is 64.5 Å². The third-order valence-corrected chi connectivity index (χ3v) is 7.91. The van der Waals surface area contributed by atoms with Crippen LogP contribution in [-0.4, -0.2) is 47.7 Å². The molecule has 1 unspecified atom stereocenters. The normalized spacial score (nSPS) is 18.5. The highest BCUT2D eigenvalue weighted by molar-refractivity contribution is 5.70. The maximum absolute atomic E-state index is 13.6. The SMILES string of the molecule is C=C(OC(=C)C1(c2cnn(C)c2)N[C@@H](c2ncc(-c3ccc(F)cn3)[nH]2)Cc2c1[nH]c(/C=C\C)c2/C=C\C)N(C)C(C)C. The van der Waals surface area contributed by atoms with Gasteiger partial charge in [0, 0.05) is 43.2 Å². The lowest BCUT2D eigenvalue weighted by atomic mass is 9.78. The van der Waals surface area contributed by atoms with E-state index in [-0.39, 0.29) is 12.1 Å². The number of nitrogens with zero attached hydrogens (tertiary/aromatic N) is 5. The van der Waals surface area contributed by atoms with E-state index in [1.165, 1.54) is 12.3 Å². The lowest BCUT2D eigenvalue weighted by Gasteiger charge is -2.42. The minimum absolute atomic E-state index is 0.173. The van der Waals surface area contributed by atoms with Gasteiger partial charge in [0.05, 0.1) is 41.7 Å². The van der Waals surface area contributed by atoms with Gasteiger partial charge in [0.25, 0.3) is 0 Å². The molecule has 2 atom stereocenters. The van der Waals surface area contributed by atoms with E-state index in [4.69, 9.17) is 9.72 Å².